The first-order valence-corrected chi connectivity index (χ1v) is 10.7. The number of benzene rings is 2. The zero-order chi connectivity index (χ0) is 19.6. The van der Waals surface area contributed by atoms with Gasteiger partial charge in [-0.05, 0) is 74.2 Å². The van der Waals surface area contributed by atoms with Crippen LogP contribution in [0.4, 0.5) is 5.69 Å². The Morgan fingerprint density at radius 2 is 1.67 bits per heavy atom. The molecule has 0 atom stereocenters. The van der Waals surface area contributed by atoms with Gasteiger partial charge in [0.2, 0.25) is 15.9 Å². The number of rotatable bonds is 4. The zero-order valence-electron chi connectivity index (χ0n) is 15.4. The third-order valence-electron chi connectivity index (χ3n) is 5.05. The normalized spacial score (nSPS) is 16.3. The highest BCUT2D eigenvalue weighted by molar-refractivity contribution is 7.89. The van der Waals surface area contributed by atoms with Crippen LogP contribution < -0.4 is 5.32 Å². The minimum atomic E-state index is -3.53. The van der Waals surface area contributed by atoms with Crippen LogP contribution in [0.3, 0.4) is 0 Å². The van der Waals surface area contributed by atoms with E-state index in [2.05, 4.69) is 5.32 Å². The van der Waals surface area contributed by atoms with Crippen LogP contribution in [0.25, 0.3) is 0 Å². The average molecular weight is 407 g/mol. The molecule has 0 bridgehead atoms. The molecule has 1 fully saturated rings. The number of carbonyl (C=O) groups is 1. The van der Waals surface area contributed by atoms with E-state index in [1.807, 2.05) is 19.9 Å². The summed E-state index contributed by atoms with van der Waals surface area (Å²) in [5.41, 5.74) is 2.70. The molecule has 1 saturated heterocycles. The number of hydrogen-bond donors (Lipinski definition) is 1. The molecule has 0 aromatic heterocycles. The highest BCUT2D eigenvalue weighted by Gasteiger charge is 2.32. The standard InChI is InChI=1S/C20H23ClN2O3S/c1-14-3-8-19(13-15(14)2)27(25,26)23-11-9-16(10-12-23)20(24)22-18-6-4-17(21)5-7-18/h3-8,13,16H,9-12H2,1-2H3,(H,22,24). The van der Waals surface area contributed by atoms with E-state index in [1.165, 1.54) is 4.31 Å². The Hall–Kier alpha value is -1.89. The number of amides is 1. The number of piperidine rings is 1. The van der Waals surface area contributed by atoms with Crippen LogP contribution in [0.1, 0.15) is 24.0 Å². The summed E-state index contributed by atoms with van der Waals surface area (Å²) in [5.74, 6) is -0.285. The van der Waals surface area contributed by atoms with Crippen LogP contribution in [-0.4, -0.2) is 31.7 Å². The quantitative estimate of drug-likeness (QED) is 0.834. The molecule has 2 aromatic carbocycles. The van der Waals surface area contributed by atoms with Gasteiger partial charge in [0.05, 0.1) is 4.90 Å². The molecule has 0 saturated carbocycles. The molecular formula is C20H23ClN2O3S. The fourth-order valence-electron chi connectivity index (χ4n) is 3.16. The molecule has 5 nitrogen and oxygen atoms in total. The number of halogens is 1. The number of hydrogen-bond acceptors (Lipinski definition) is 3. The SMILES string of the molecule is Cc1ccc(S(=O)(=O)N2CCC(C(=O)Nc3ccc(Cl)cc3)CC2)cc1C. The second-order valence-corrected chi connectivity index (χ2v) is 9.29. The largest absolute Gasteiger partial charge is 0.326 e. The summed E-state index contributed by atoms with van der Waals surface area (Å²) in [6.45, 7) is 4.54. The van der Waals surface area contributed by atoms with Gasteiger partial charge in [0, 0.05) is 29.7 Å². The maximum Gasteiger partial charge on any atom is 0.243 e. The minimum Gasteiger partial charge on any atom is -0.326 e. The van der Waals surface area contributed by atoms with Crippen molar-refractivity contribution in [2.24, 2.45) is 5.92 Å². The van der Waals surface area contributed by atoms with Gasteiger partial charge >= 0.3 is 0 Å². The molecule has 1 aliphatic heterocycles. The topological polar surface area (TPSA) is 66.5 Å². The molecule has 1 heterocycles. The highest BCUT2D eigenvalue weighted by Crippen LogP contribution is 2.26. The van der Waals surface area contributed by atoms with E-state index < -0.39 is 10.0 Å². The van der Waals surface area contributed by atoms with Gasteiger partial charge in [-0.15, -0.1) is 0 Å². The van der Waals surface area contributed by atoms with Gasteiger partial charge < -0.3 is 5.32 Å². The van der Waals surface area contributed by atoms with Crippen LogP contribution in [0.5, 0.6) is 0 Å². The monoisotopic (exact) mass is 406 g/mol. The number of aryl methyl sites for hydroxylation is 2. The lowest BCUT2D eigenvalue weighted by Crippen LogP contribution is -2.41. The van der Waals surface area contributed by atoms with Crippen molar-refractivity contribution in [3.05, 3.63) is 58.6 Å². The third-order valence-corrected chi connectivity index (χ3v) is 7.20. The van der Waals surface area contributed by atoms with Crippen molar-refractivity contribution in [1.82, 2.24) is 4.31 Å². The van der Waals surface area contributed by atoms with Crippen LogP contribution >= 0.6 is 11.6 Å². The molecule has 27 heavy (non-hydrogen) atoms. The highest BCUT2D eigenvalue weighted by atomic mass is 35.5. The molecule has 0 spiro atoms. The smallest absolute Gasteiger partial charge is 0.243 e. The summed E-state index contributed by atoms with van der Waals surface area (Å²) >= 11 is 5.85. The molecule has 0 radical (unpaired) electrons. The number of nitrogens with one attached hydrogen (secondary N) is 1. The van der Waals surface area contributed by atoms with Crippen LogP contribution in [0.15, 0.2) is 47.4 Å². The average Bonchev–Trinajstić information content (AvgIpc) is 2.66. The number of sulfonamides is 1. The summed E-state index contributed by atoms with van der Waals surface area (Å²) in [6, 6.07) is 12.1. The van der Waals surface area contributed by atoms with Crippen LogP contribution in [0, 0.1) is 19.8 Å². The Balaban J connectivity index is 1.63. The van der Waals surface area contributed by atoms with E-state index in [1.54, 1.807) is 36.4 Å². The second kappa shape index (κ2) is 8.00. The minimum absolute atomic E-state index is 0.0828. The summed E-state index contributed by atoms with van der Waals surface area (Å²) < 4.78 is 27.2. The van der Waals surface area contributed by atoms with Crippen molar-refractivity contribution in [2.75, 3.05) is 18.4 Å². The second-order valence-electron chi connectivity index (χ2n) is 6.92. The van der Waals surface area contributed by atoms with Crippen molar-refractivity contribution in [3.63, 3.8) is 0 Å². The summed E-state index contributed by atoms with van der Waals surface area (Å²) in [7, 11) is -3.53. The Labute approximate surface area is 165 Å². The molecule has 1 amide bonds. The molecule has 3 rings (SSSR count). The lowest BCUT2D eigenvalue weighted by atomic mass is 9.97. The van der Waals surface area contributed by atoms with Gasteiger partial charge in [0.25, 0.3) is 0 Å². The van der Waals surface area contributed by atoms with Crippen LogP contribution in [0.2, 0.25) is 5.02 Å². The number of carbonyl (C=O) groups excluding carboxylic acids is 1. The molecule has 7 heteroatoms. The third kappa shape index (κ3) is 4.51. The Morgan fingerprint density at radius 3 is 2.26 bits per heavy atom. The first-order chi connectivity index (χ1) is 12.8. The molecular weight excluding hydrogens is 384 g/mol. The van der Waals surface area contributed by atoms with Gasteiger partial charge in [-0.3, -0.25) is 4.79 Å². The fourth-order valence-corrected chi connectivity index (χ4v) is 4.84. The van der Waals surface area contributed by atoms with E-state index in [4.69, 9.17) is 11.6 Å². The number of anilines is 1. The molecule has 0 aliphatic carbocycles. The van der Waals surface area contributed by atoms with Gasteiger partial charge in [0.1, 0.15) is 0 Å². The van der Waals surface area contributed by atoms with E-state index in [-0.39, 0.29) is 11.8 Å². The van der Waals surface area contributed by atoms with E-state index in [0.29, 0.717) is 41.5 Å². The Bertz CT molecular complexity index is 934. The van der Waals surface area contributed by atoms with Gasteiger partial charge in [-0.25, -0.2) is 8.42 Å². The maximum atomic E-state index is 12.9. The first kappa shape index (κ1) is 19.9. The van der Waals surface area contributed by atoms with E-state index >= 15 is 0 Å². The predicted molar refractivity (Wildman–Crippen MR) is 107 cm³/mol. The van der Waals surface area contributed by atoms with Gasteiger partial charge in [-0.2, -0.15) is 4.31 Å². The predicted octanol–water partition coefficient (Wildman–Crippen LogP) is 4.00. The molecule has 0 unspecified atom stereocenters. The Morgan fingerprint density at radius 1 is 1.04 bits per heavy atom. The lowest BCUT2D eigenvalue weighted by molar-refractivity contribution is -0.120. The molecule has 2 aromatic rings. The van der Waals surface area contributed by atoms with Crippen molar-refractivity contribution in [1.29, 1.82) is 0 Å². The first-order valence-electron chi connectivity index (χ1n) is 8.91. The fraction of sp³-hybridized carbons (Fsp3) is 0.350. The Kier molecular flexibility index (Phi) is 5.89. The van der Waals surface area contributed by atoms with Crippen molar-refractivity contribution < 1.29 is 13.2 Å². The maximum absolute atomic E-state index is 12.9. The van der Waals surface area contributed by atoms with Crippen molar-refractivity contribution in [3.8, 4) is 0 Å². The van der Waals surface area contributed by atoms with Gasteiger partial charge in [0.15, 0.2) is 0 Å². The summed E-state index contributed by atoms with van der Waals surface area (Å²) in [4.78, 5) is 12.8. The van der Waals surface area contributed by atoms with Gasteiger partial charge in [-0.1, -0.05) is 17.7 Å². The molecule has 144 valence electrons. The van der Waals surface area contributed by atoms with E-state index in [0.717, 1.165) is 11.1 Å². The van der Waals surface area contributed by atoms with Crippen LogP contribution in [-0.2, 0) is 14.8 Å². The molecule has 1 N–H and O–H groups in total. The van der Waals surface area contributed by atoms with E-state index in [9.17, 15) is 13.2 Å². The van der Waals surface area contributed by atoms with Crippen molar-refractivity contribution >= 4 is 33.2 Å². The summed E-state index contributed by atoms with van der Waals surface area (Å²) in [6.07, 6.45) is 1.01. The lowest BCUT2D eigenvalue weighted by Gasteiger charge is -2.30. The molecule has 1 aliphatic rings. The number of nitrogens with zero attached hydrogens (tertiary/aromatic N) is 1. The zero-order valence-corrected chi connectivity index (χ0v) is 17.0. The van der Waals surface area contributed by atoms with Crippen molar-refractivity contribution in [2.45, 2.75) is 31.6 Å². The summed E-state index contributed by atoms with van der Waals surface area (Å²) in [5, 5.41) is 3.48.